The summed E-state index contributed by atoms with van der Waals surface area (Å²) in [4.78, 5) is 24.7. The molecule has 0 spiro atoms. The highest BCUT2D eigenvalue weighted by Gasteiger charge is 2.17. The Kier molecular flexibility index (Phi) is 7.37. The van der Waals surface area contributed by atoms with Gasteiger partial charge in [0.05, 0.1) is 0 Å². The van der Waals surface area contributed by atoms with Crippen LogP contribution in [0.5, 0.6) is 0 Å². The first-order valence-corrected chi connectivity index (χ1v) is 6.52. The summed E-state index contributed by atoms with van der Waals surface area (Å²) in [5.41, 5.74) is 0.345. The van der Waals surface area contributed by atoms with Crippen LogP contribution in [0.4, 0.5) is 0 Å². The number of nitrogens with one attached hydrogen (secondary N) is 1. The number of carbonyl (C=O) groups is 2. The molecular formula is C14H26N2O3. The van der Waals surface area contributed by atoms with E-state index in [-0.39, 0.29) is 23.1 Å². The summed E-state index contributed by atoms with van der Waals surface area (Å²) in [6, 6.07) is 0.252. The van der Waals surface area contributed by atoms with Crippen LogP contribution in [0, 0.1) is 5.92 Å². The minimum absolute atomic E-state index is 0.0859. The number of hydrogen-bond acceptors (Lipinski definition) is 3. The number of carboxylic acids is 1. The lowest BCUT2D eigenvalue weighted by molar-refractivity contribution is -0.133. The quantitative estimate of drug-likeness (QED) is 0.688. The van der Waals surface area contributed by atoms with E-state index in [4.69, 9.17) is 5.11 Å². The van der Waals surface area contributed by atoms with Gasteiger partial charge in [0.2, 0.25) is 5.91 Å². The molecule has 0 aliphatic carbocycles. The van der Waals surface area contributed by atoms with Gasteiger partial charge in [0.25, 0.3) is 0 Å². The molecule has 1 atom stereocenters. The Bertz CT molecular complexity index is 360. The van der Waals surface area contributed by atoms with Gasteiger partial charge >= 0.3 is 5.97 Å². The second-order valence-corrected chi connectivity index (χ2v) is 5.51. The third-order valence-corrected chi connectivity index (χ3v) is 3.20. The van der Waals surface area contributed by atoms with Gasteiger partial charge < -0.3 is 15.3 Å². The van der Waals surface area contributed by atoms with Crippen molar-refractivity contribution >= 4 is 11.9 Å². The molecule has 0 bridgehead atoms. The molecule has 5 nitrogen and oxygen atoms in total. The number of aliphatic carboxylic acids is 1. The van der Waals surface area contributed by atoms with E-state index in [9.17, 15) is 9.59 Å². The van der Waals surface area contributed by atoms with Gasteiger partial charge in [-0.3, -0.25) is 4.79 Å². The fourth-order valence-electron chi connectivity index (χ4n) is 1.69. The number of hydrogen-bond donors (Lipinski definition) is 2. The Morgan fingerprint density at radius 1 is 1.16 bits per heavy atom. The lowest BCUT2D eigenvalue weighted by Crippen LogP contribution is -2.41. The Morgan fingerprint density at radius 3 is 2.05 bits per heavy atom. The molecule has 0 aromatic carbocycles. The summed E-state index contributed by atoms with van der Waals surface area (Å²) in [6.07, 6.45) is 0.980. The zero-order chi connectivity index (χ0) is 15.2. The Morgan fingerprint density at radius 2 is 1.68 bits per heavy atom. The van der Waals surface area contributed by atoms with Crippen LogP contribution in [0.25, 0.3) is 0 Å². The fourth-order valence-corrected chi connectivity index (χ4v) is 1.69. The van der Waals surface area contributed by atoms with E-state index in [2.05, 4.69) is 24.1 Å². The Balaban J connectivity index is 4.57. The maximum atomic E-state index is 11.9. The highest BCUT2D eigenvalue weighted by Crippen LogP contribution is 2.09. The van der Waals surface area contributed by atoms with Gasteiger partial charge in [-0.05, 0) is 40.3 Å². The van der Waals surface area contributed by atoms with E-state index >= 15 is 0 Å². The van der Waals surface area contributed by atoms with Crippen molar-refractivity contribution in [3.05, 3.63) is 11.1 Å². The third kappa shape index (κ3) is 6.38. The molecule has 0 aliphatic heterocycles. The van der Waals surface area contributed by atoms with Crippen molar-refractivity contribution in [2.24, 2.45) is 5.92 Å². The second kappa shape index (κ2) is 7.94. The number of likely N-dealkylation sites (N-methyl/N-ethyl adjacent to an activating group) is 1. The monoisotopic (exact) mass is 270 g/mol. The van der Waals surface area contributed by atoms with Crippen molar-refractivity contribution in [1.29, 1.82) is 0 Å². The average molecular weight is 270 g/mol. The molecule has 0 aliphatic rings. The van der Waals surface area contributed by atoms with Crippen molar-refractivity contribution < 1.29 is 14.7 Å². The minimum atomic E-state index is -1.06. The van der Waals surface area contributed by atoms with E-state index in [0.717, 1.165) is 6.42 Å². The maximum Gasteiger partial charge on any atom is 0.331 e. The molecule has 0 aromatic rings. The van der Waals surface area contributed by atoms with Crippen LogP contribution >= 0.6 is 0 Å². The molecule has 1 amide bonds. The third-order valence-electron chi connectivity index (χ3n) is 3.20. The summed E-state index contributed by atoms with van der Waals surface area (Å²) >= 11 is 0. The summed E-state index contributed by atoms with van der Waals surface area (Å²) in [5, 5.41) is 11.6. The van der Waals surface area contributed by atoms with E-state index < -0.39 is 5.97 Å². The van der Waals surface area contributed by atoms with E-state index in [1.807, 2.05) is 14.1 Å². The zero-order valence-electron chi connectivity index (χ0n) is 12.8. The van der Waals surface area contributed by atoms with Gasteiger partial charge in [0, 0.05) is 23.7 Å². The van der Waals surface area contributed by atoms with Gasteiger partial charge in [-0.25, -0.2) is 4.79 Å². The van der Waals surface area contributed by atoms with Gasteiger partial charge in [-0.1, -0.05) is 13.8 Å². The van der Waals surface area contributed by atoms with Crippen LogP contribution in [0.2, 0.25) is 0 Å². The first-order chi connectivity index (χ1) is 8.66. The van der Waals surface area contributed by atoms with E-state index in [1.54, 1.807) is 0 Å². The molecule has 110 valence electrons. The molecule has 19 heavy (non-hydrogen) atoms. The van der Waals surface area contributed by atoms with Crippen LogP contribution in [-0.2, 0) is 9.59 Å². The van der Waals surface area contributed by atoms with Crippen LogP contribution < -0.4 is 5.32 Å². The standard InChI is InChI=1S/C14H26N2O3/c1-9(2)7-12(16(5)6)8-15-13(17)10(3)11(4)14(18)19/h9,12H,7-8H2,1-6H3,(H,15,17)(H,18,19). The molecule has 0 saturated heterocycles. The van der Waals surface area contributed by atoms with Crippen molar-refractivity contribution in [3.8, 4) is 0 Å². The Hall–Kier alpha value is -1.36. The first kappa shape index (κ1) is 17.6. The molecule has 5 heteroatoms. The molecular weight excluding hydrogens is 244 g/mol. The number of carbonyl (C=O) groups excluding carboxylic acids is 1. The largest absolute Gasteiger partial charge is 0.478 e. The van der Waals surface area contributed by atoms with Crippen LogP contribution in [0.3, 0.4) is 0 Å². The molecule has 0 aromatic heterocycles. The smallest absolute Gasteiger partial charge is 0.331 e. The van der Waals surface area contributed by atoms with Crippen molar-refractivity contribution in [1.82, 2.24) is 10.2 Å². The molecule has 0 radical (unpaired) electrons. The summed E-state index contributed by atoms with van der Waals surface area (Å²) in [7, 11) is 3.95. The maximum absolute atomic E-state index is 11.9. The topological polar surface area (TPSA) is 69.6 Å². The fraction of sp³-hybridized carbons (Fsp3) is 0.714. The molecule has 2 N–H and O–H groups in total. The van der Waals surface area contributed by atoms with Gasteiger partial charge in [0.1, 0.15) is 0 Å². The second-order valence-electron chi connectivity index (χ2n) is 5.51. The molecule has 1 unspecified atom stereocenters. The summed E-state index contributed by atoms with van der Waals surface area (Å²) < 4.78 is 0. The number of rotatable bonds is 7. The molecule has 0 saturated carbocycles. The lowest BCUT2D eigenvalue weighted by atomic mass is 10.0. The Labute approximate surface area is 115 Å². The zero-order valence-corrected chi connectivity index (χ0v) is 12.8. The first-order valence-electron chi connectivity index (χ1n) is 6.52. The van der Waals surface area contributed by atoms with Crippen LogP contribution in [0.1, 0.15) is 34.1 Å². The number of carboxylic acid groups (broad SMARTS) is 1. The molecule has 0 heterocycles. The van der Waals surface area contributed by atoms with Gasteiger partial charge in [0.15, 0.2) is 0 Å². The van der Waals surface area contributed by atoms with Crippen molar-refractivity contribution in [2.75, 3.05) is 20.6 Å². The highest BCUT2D eigenvalue weighted by atomic mass is 16.4. The highest BCUT2D eigenvalue weighted by molar-refractivity contribution is 6.01. The SMILES string of the molecule is CC(C(=O)O)=C(C)C(=O)NCC(CC(C)C)N(C)C. The van der Waals surface area contributed by atoms with E-state index in [0.29, 0.717) is 12.5 Å². The predicted octanol–water partition coefficient (Wildman–Crippen LogP) is 1.50. The summed E-state index contributed by atoms with van der Waals surface area (Å²) in [6.45, 7) is 7.77. The molecule has 0 fully saturated rings. The molecule has 0 rings (SSSR count). The van der Waals surface area contributed by atoms with Crippen molar-refractivity contribution in [3.63, 3.8) is 0 Å². The van der Waals surface area contributed by atoms with Crippen molar-refractivity contribution in [2.45, 2.75) is 40.2 Å². The number of nitrogens with zero attached hydrogens (tertiary/aromatic N) is 1. The minimum Gasteiger partial charge on any atom is -0.478 e. The van der Waals surface area contributed by atoms with E-state index in [1.165, 1.54) is 13.8 Å². The van der Waals surface area contributed by atoms with Gasteiger partial charge in [-0.15, -0.1) is 0 Å². The normalized spacial score (nSPS) is 14.3. The van der Waals surface area contributed by atoms with Crippen LogP contribution in [0.15, 0.2) is 11.1 Å². The van der Waals surface area contributed by atoms with Crippen LogP contribution in [-0.4, -0.2) is 48.6 Å². The summed E-state index contributed by atoms with van der Waals surface area (Å²) in [5.74, 6) is -0.823. The lowest BCUT2D eigenvalue weighted by Gasteiger charge is -2.26. The van der Waals surface area contributed by atoms with Gasteiger partial charge in [-0.2, -0.15) is 0 Å². The predicted molar refractivity (Wildman–Crippen MR) is 75.9 cm³/mol. The number of amides is 1. The average Bonchev–Trinajstić information content (AvgIpc) is 2.31.